The predicted molar refractivity (Wildman–Crippen MR) is 116 cm³/mol. The lowest BCUT2D eigenvalue weighted by Gasteiger charge is -2.19. The summed E-state index contributed by atoms with van der Waals surface area (Å²) >= 11 is 7.82. The van der Waals surface area contributed by atoms with Crippen LogP contribution in [0.3, 0.4) is 0 Å². The van der Waals surface area contributed by atoms with E-state index in [0.717, 1.165) is 11.5 Å². The third-order valence-electron chi connectivity index (χ3n) is 4.03. The van der Waals surface area contributed by atoms with E-state index >= 15 is 0 Å². The first-order chi connectivity index (χ1) is 14.1. The summed E-state index contributed by atoms with van der Waals surface area (Å²) in [5.74, 6) is 2.20. The van der Waals surface area contributed by atoms with Crippen LogP contribution in [-0.4, -0.2) is 50.6 Å². The third-order valence-corrected chi connectivity index (χ3v) is 4.86. The summed E-state index contributed by atoms with van der Waals surface area (Å²) in [4.78, 5) is 25.5. The van der Waals surface area contributed by atoms with Crippen LogP contribution in [0.5, 0.6) is 5.75 Å². The molecule has 152 valence electrons. The van der Waals surface area contributed by atoms with Gasteiger partial charge in [0.05, 0.1) is 7.11 Å². The van der Waals surface area contributed by atoms with Crippen molar-refractivity contribution in [2.45, 2.75) is 12.5 Å². The first kappa shape index (κ1) is 20.9. The molecule has 0 saturated carbocycles. The van der Waals surface area contributed by atoms with Gasteiger partial charge in [0, 0.05) is 24.1 Å². The lowest BCUT2D eigenvalue weighted by atomic mass is 10.2. The van der Waals surface area contributed by atoms with Gasteiger partial charge in [-0.05, 0) is 42.7 Å². The van der Waals surface area contributed by atoms with Crippen molar-refractivity contribution < 1.29 is 9.53 Å². The van der Waals surface area contributed by atoms with Gasteiger partial charge in [-0.3, -0.25) is 9.36 Å². The van der Waals surface area contributed by atoms with Gasteiger partial charge in [0.25, 0.3) is 0 Å². The summed E-state index contributed by atoms with van der Waals surface area (Å²) in [5.41, 5.74) is 0.687. The molecule has 0 bridgehead atoms. The highest BCUT2D eigenvalue weighted by atomic mass is 35.5. The Morgan fingerprint density at radius 2 is 2.10 bits per heavy atom. The Bertz CT molecular complexity index is 936. The fourth-order valence-corrected chi connectivity index (χ4v) is 3.21. The number of thioether (sulfide) groups is 1. The predicted octanol–water partition coefficient (Wildman–Crippen LogP) is 3.50. The number of imidazole rings is 1. The van der Waals surface area contributed by atoms with Crippen molar-refractivity contribution in [3.05, 3.63) is 54.2 Å². The largest absolute Gasteiger partial charge is 0.497 e. The highest BCUT2D eigenvalue weighted by Gasteiger charge is 2.20. The molecule has 0 radical (unpaired) electrons. The van der Waals surface area contributed by atoms with Crippen LogP contribution in [0, 0.1) is 0 Å². The van der Waals surface area contributed by atoms with Gasteiger partial charge in [-0.15, -0.1) is 0 Å². The van der Waals surface area contributed by atoms with Crippen LogP contribution < -0.4 is 15.4 Å². The van der Waals surface area contributed by atoms with Crippen molar-refractivity contribution in [2.24, 2.45) is 0 Å². The quantitative estimate of drug-likeness (QED) is 0.500. The molecule has 0 saturated heterocycles. The van der Waals surface area contributed by atoms with Gasteiger partial charge in [0.15, 0.2) is 0 Å². The minimum Gasteiger partial charge on any atom is -0.497 e. The lowest BCUT2D eigenvalue weighted by molar-refractivity contribution is -0.116. The van der Waals surface area contributed by atoms with E-state index in [9.17, 15) is 4.79 Å². The minimum atomic E-state index is -0.494. The number of anilines is 2. The number of nitrogens with one attached hydrogen (secondary N) is 2. The van der Waals surface area contributed by atoms with Gasteiger partial charge in [0.1, 0.15) is 29.1 Å². The maximum Gasteiger partial charge on any atom is 0.246 e. The summed E-state index contributed by atoms with van der Waals surface area (Å²) in [5, 5.41) is 6.37. The lowest BCUT2D eigenvalue weighted by Crippen LogP contribution is -2.35. The molecule has 3 aromatic rings. The van der Waals surface area contributed by atoms with Crippen LogP contribution in [0.1, 0.15) is 6.42 Å². The summed E-state index contributed by atoms with van der Waals surface area (Å²) in [6, 6.07) is 8.27. The Morgan fingerprint density at radius 1 is 1.31 bits per heavy atom. The molecule has 10 heteroatoms. The molecule has 0 aliphatic rings. The Morgan fingerprint density at radius 3 is 2.76 bits per heavy atom. The van der Waals surface area contributed by atoms with Crippen molar-refractivity contribution in [3.63, 3.8) is 0 Å². The van der Waals surface area contributed by atoms with E-state index in [0.29, 0.717) is 23.9 Å². The number of ether oxygens (including phenoxy) is 1. The molecule has 29 heavy (non-hydrogen) atoms. The number of carbonyl (C=O) groups excluding carboxylic acids is 1. The van der Waals surface area contributed by atoms with Crippen molar-refractivity contribution >= 4 is 40.8 Å². The maximum atomic E-state index is 12.9. The number of nitrogens with zero attached hydrogens (tertiary/aromatic N) is 4. The number of methoxy groups -OCH3 is 1. The highest BCUT2D eigenvalue weighted by Crippen LogP contribution is 2.19. The monoisotopic (exact) mass is 432 g/mol. The van der Waals surface area contributed by atoms with Crippen LogP contribution >= 0.6 is 23.4 Å². The molecular formula is C19H21ClN6O2S. The van der Waals surface area contributed by atoms with Crippen LogP contribution in [0.2, 0.25) is 5.15 Å². The first-order valence-corrected chi connectivity index (χ1v) is 10.6. The molecule has 1 aromatic carbocycles. The number of aromatic nitrogens is 4. The molecule has 1 atom stereocenters. The van der Waals surface area contributed by atoms with Crippen molar-refractivity contribution in [1.29, 1.82) is 0 Å². The molecular weight excluding hydrogens is 412 g/mol. The number of rotatable bonds is 9. The number of hydrogen-bond donors (Lipinski definition) is 2. The fourth-order valence-electron chi connectivity index (χ4n) is 2.56. The van der Waals surface area contributed by atoms with E-state index < -0.39 is 6.04 Å². The van der Waals surface area contributed by atoms with E-state index in [1.54, 1.807) is 72.5 Å². The average Bonchev–Trinajstić information content (AvgIpc) is 3.26. The molecule has 0 spiro atoms. The van der Waals surface area contributed by atoms with Crippen LogP contribution in [0.4, 0.5) is 11.5 Å². The number of hydrogen-bond acceptors (Lipinski definition) is 7. The summed E-state index contributed by atoms with van der Waals surface area (Å²) in [6.07, 6.45) is 7.54. The Hall–Kier alpha value is -2.78. The van der Waals surface area contributed by atoms with Crippen molar-refractivity contribution in [1.82, 2.24) is 19.5 Å². The smallest absolute Gasteiger partial charge is 0.246 e. The van der Waals surface area contributed by atoms with E-state index in [-0.39, 0.29) is 11.1 Å². The molecule has 0 fully saturated rings. The first-order valence-electron chi connectivity index (χ1n) is 8.82. The molecule has 3 rings (SSSR count). The van der Waals surface area contributed by atoms with E-state index in [4.69, 9.17) is 16.3 Å². The van der Waals surface area contributed by atoms with Crippen LogP contribution in [-0.2, 0) is 4.79 Å². The number of carbonyl (C=O) groups is 1. The number of amides is 1. The fraction of sp³-hybridized carbons (Fsp3) is 0.263. The Kier molecular flexibility index (Phi) is 7.31. The minimum absolute atomic E-state index is 0.164. The van der Waals surface area contributed by atoms with E-state index in [1.165, 1.54) is 0 Å². The van der Waals surface area contributed by atoms with Crippen LogP contribution in [0.25, 0.3) is 5.95 Å². The zero-order chi connectivity index (χ0) is 20.6. The van der Waals surface area contributed by atoms with Gasteiger partial charge in [-0.2, -0.15) is 16.7 Å². The second kappa shape index (κ2) is 10.1. The maximum absolute atomic E-state index is 12.9. The molecule has 1 amide bonds. The summed E-state index contributed by atoms with van der Waals surface area (Å²) < 4.78 is 6.79. The average molecular weight is 433 g/mol. The molecule has 0 aliphatic carbocycles. The SMILES string of the molecule is COc1ccc(NC(=O)C(CCSC)Nc2cc(Cl)nc(-n3ccnc3)n2)cc1. The Balaban J connectivity index is 1.76. The molecule has 1 unspecified atom stereocenters. The zero-order valence-corrected chi connectivity index (χ0v) is 17.6. The van der Waals surface area contributed by atoms with Gasteiger partial charge < -0.3 is 15.4 Å². The molecule has 8 nitrogen and oxygen atoms in total. The molecule has 0 aliphatic heterocycles. The van der Waals surface area contributed by atoms with E-state index in [2.05, 4.69) is 25.6 Å². The molecule has 2 heterocycles. The normalized spacial score (nSPS) is 11.7. The van der Waals surface area contributed by atoms with Crippen molar-refractivity contribution in [3.8, 4) is 11.7 Å². The van der Waals surface area contributed by atoms with Gasteiger partial charge in [-0.1, -0.05) is 11.6 Å². The molecule has 2 N–H and O–H groups in total. The highest BCUT2D eigenvalue weighted by molar-refractivity contribution is 7.98. The third kappa shape index (κ3) is 5.85. The van der Waals surface area contributed by atoms with Crippen molar-refractivity contribution in [2.75, 3.05) is 29.8 Å². The molecule has 2 aromatic heterocycles. The second-order valence-corrected chi connectivity index (χ2v) is 7.41. The zero-order valence-electron chi connectivity index (χ0n) is 16.0. The topological polar surface area (TPSA) is 94.0 Å². The standard InChI is InChI=1S/C19H21ClN6O2S/c1-28-14-5-3-13(4-6-14)22-18(27)15(7-10-29-2)23-17-11-16(20)24-19(25-17)26-9-8-21-12-26/h3-6,8-9,11-12,15H,7,10H2,1-2H3,(H,22,27)(H,23,24,25). The number of benzene rings is 1. The van der Waals surface area contributed by atoms with Gasteiger partial charge in [0.2, 0.25) is 11.9 Å². The van der Waals surface area contributed by atoms with Gasteiger partial charge in [-0.25, -0.2) is 9.97 Å². The van der Waals surface area contributed by atoms with E-state index in [1.807, 2.05) is 6.26 Å². The van der Waals surface area contributed by atoms with Gasteiger partial charge >= 0.3 is 0 Å². The van der Waals surface area contributed by atoms with Crippen LogP contribution in [0.15, 0.2) is 49.1 Å². The second-order valence-electron chi connectivity index (χ2n) is 6.04. The summed E-state index contributed by atoms with van der Waals surface area (Å²) in [7, 11) is 1.60. The number of halogens is 1. The summed E-state index contributed by atoms with van der Waals surface area (Å²) in [6.45, 7) is 0. The Labute approximate surface area is 178 Å².